The number of hydrogen-bond acceptors (Lipinski definition) is 6. The first kappa shape index (κ1) is 24.7. The average Bonchev–Trinajstić information content (AvgIpc) is 3.57. The highest BCUT2D eigenvalue weighted by Crippen LogP contribution is 2.45. The summed E-state index contributed by atoms with van der Waals surface area (Å²) in [5.74, 6) is -1.41. The topological polar surface area (TPSA) is 88.9 Å². The zero-order valence-electron chi connectivity index (χ0n) is 21.0. The largest absolute Gasteiger partial charge is 0.452 e. The number of hydrogen-bond donors (Lipinski definition) is 1. The van der Waals surface area contributed by atoms with Crippen LogP contribution >= 0.6 is 0 Å². The van der Waals surface area contributed by atoms with Crippen molar-refractivity contribution in [2.75, 3.05) is 46.4 Å². The molecule has 1 N–H and O–H groups in total. The molecular weight excluding hydrogens is 496 g/mol. The highest BCUT2D eigenvalue weighted by Gasteiger charge is 2.45. The molecule has 3 fully saturated rings. The number of morpholine rings is 1. The number of benzene rings is 2. The number of likely N-dealkylation sites (N-methyl/N-ethyl adjacent to an activating group) is 1. The van der Waals surface area contributed by atoms with Crippen LogP contribution in [0.1, 0.15) is 17.9 Å². The number of piperidine rings is 1. The molecule has 4 heterocycles. The van der Waals surface area contributed by atoms with Crippen LogP contribution in [-0.4, -0.2) is 83.6 Å². The summed E-state index contributed by atoms with van der Waals surface area (Å²) in [6.45, 7) is 3.23. The maximum atomic E-state index is 14.8. The Bertz CT molecular complexity index is 1390. The molecule has 3 aliphatic rings. The van der Waals surface area contributed by atoms with Crippen LogP contribution in [0.25, 0.3) is 11.0 Å². The lowest BCUT2D eigenvalue weighted by Crippen LogP contribution is -2.52. The van der Waals surface area contributed by atoms with Crippen molar-refractivity contribution in [1.29, 1.82) is 0 Å². The van der Waals surface area contributed by atoms with Crippen LogP contribution in [0.5, 0.6) is 11.5 Å². The lowest BCUT2D eigenvalue weighted by molar-refractivity contribution is -0.136. The minimum absolute atomic E-state index is 0.0267. The number of halogens is 2. The van der Waals surface area contributed by atoms with E-state index in [1.54, 1.807) is 27.7 Å². The zero-order valence-corrected chi connectivity index (χ0v) is 21.0. The van der Waals surface area contributed by atoms with Crippen molar-refractivity contribution < 1.29 is 27.8 Å². The molecule has 9 nitrogen and oxygen atoms in total. The number of ether oxygens (including phenoxy) is 2. The molecule has 0 saturated carbocycles. The number of nitrogens with one attached hydrogen (secondary N) is 1. The fraction of sp³-hybridized carbons (Fsp3) is 0.444. The molecule has 3 saturated heterocycles. The van der Waals surface area contributed by atoms with E-state index in [0.29, 0.717) is 49.6 Å². The highest BCUT2D eigenvalue weighted by molar-refractivity contribution is 5.88. The van der Waals surface area contributed by atoms with Gasteiger partial charge in [0.2, 0.25) is 11.8 Å². The number of fused-ring (bicyclic) bond motifs is 2. The lowest BCUT2D eigenvalue weighted by atomic mass is 9.77. The monoisotopic (exact) mass is 525 g/mol. The molecule has 1 aromatic heterocycles. The Hall–Kier alpha value is -3.57. The van der Waals surface area contributed by atoms with Gasteiger partial charge >= 0.3 is 0 Å². The predicted molar refractivity (Wildman–Crippen MR) is 134 cm³/mol. The molecule has 11 heteroatoms. The van der Waals surface area contributed by atoms with Crippen molar-refractivity contribution >= 4 is 22.8 Å². The van der Waals surface area contributed by atoms with Crippen LogP contribution in [-0.2, 0) is 20.9 Å². The molecule has 0 radical (unpaired) electrons. The van der Waals surface area contributed by atoms with E-state index >= 15 is 0 Å². The molecule has 3 unspecified atom stereocenters. The molecule has 0 spiro atoms. The molecule has 200 valence electrons. The van der Waals surface area contributed by atoms with Crippen molar-refractivity contribution in [3.8, 4) is 11.5 Å². The molecule has 3 aromatic rings. The number of imidazole rings is 1. The first-order valence-electron chi connectivity index (χ1n) is 12.8. The smallest absolute Gasteiger partial charge is 0.242 e. The quantitative estimate of drug-likeness (QED) is 0.551. The molecule has 2 aromatic carbocycles. The molecule has 0 bridgehead atoms. The van der Waals surface area contributed by atoms with Gasteiger partial charge in [-0.2, -0.15) is 0 Å². The van der Waals surface area contributed by atoms with Gasteiger partial charge in [-0.25, -0.2) is 13.8 Å². The normalized spacial score (nSPS) is 23.7. The molecule has 3 aliphatic heterocycles. The van der Waals surface area contributed by atoms with E-state index in [0.717, 1.165) is 30.7 Å². The molecule has 38 heavy (non-hydrogen) atoms. The lowest BCUT2D eigenvalue weighted by Gasteiger charge is -2.39. The Kier molecular flexibility index (Phi) is 6.48. The van der Waals surface area contributed by atoms with Gasteiger partial charge in [-0.15, -0.1) is 0 Å². The molecule has 0 aliphatic carbocycles. The summed E-state index contributed by atoms with van der Waals surface area (Å²) in [4.78, 5) is 33.9. The highest BCUT2D eigenvalue weighted by atomic mass is 19.1. The van der Waals surface area contributed by atoms with E-state index in [2.05, 4.69) is 10.3 Å². The number of carbonyl (C=O) groups is 2. The number of likely N-dealkylation sites (tertiary alicyclic amines) is 1. The summed E-state index contributed by atoms with van der Waals surface area (Å²) in [6, 6.07) is 6.63. The van der Waals surface area contributed by atoms with Gasteiger partial charge in [-0.1, -0.05) is 6.07 Å². The van der Waals surface area contributed by atoms with Crippen LogP contribution < -0.4 is 10.1 Å². The Labute approximate surface area is 218 Å². The summed E-state index contributed by atoms with van der Waals surface area (Å²) >= 11 is 0. The Morgan fingerprint density at radius 2 is 2.03 bits per heavy atom. The standard InChI is InChI=1S/C27H29F2N5O4/c1-32-13-19(17-6-7-30-24(17)27(32)36)18-3-4-21-25(26(18)38-22-5-2-16(28)12-20(22)29)34(15-31-21)14-23(35)33-8-10-37-11-9-33/h2-5,12,15,17,19,24,30H,6-11,13-14H2,1H3. The summed E-state index contributed by atoms with van der Waals surface area (Å²) in [5.41, 5.74) is 1.93. The third-order valence-corrected chi connectivity index (χ3v) is 7.84. The number of rotatable bonds is 5. The van der Waals surface area contributed by atoms with Crippen LogP contribution in [0.2, 0.25) is 0 Å². The average molecular weight is 526 g/mol. The van der Waals surface area contributed by atoms with Crippen molar-refractivity contribution in [3.63, 3.8) is 0 Å². The minimum atomic E-state index is -0.834. The SMILES string of the molecule is CN1CC(c2ccc3ncn(CC(=O)N4CCOCC4)c3c2Oc2ccc(F)cc2F)C2CCNC2C1=O. The van der Waals surface area contributed by atoms with Gasteiger partial charge < -0.3 is 29.2 Å². The van der Waals surface area contributed by atoms with E-state index in [-0.39, 0.29) is 42.0 Å². The van der Waals surface area contributed by atoms with E-state index < -0.39 is 11.6 Å². The van der Waals surface area contributed by atoms with Gasteiger partial charge in [0.25, 0.3) is 0 Å². The van der Waals surface area contributed by atoms with Crippen LogP contribution in [0.15, 0.2) is 36.7 Å². The van der Waals surface area contributed by atoms with Gasteiger partial charge in [0.15, 0.2) is 17.3 Å². The summed E-state index contributed by atoms with van der Waals surface area (Å²) in [7, 11) is 1.77. The van der Waals surface area contributed by atoms with Crippen molar-refractivity contribution in [2.24, 2.45) is 5.92 Å². The van der Waals surface area contributed by atoms with E-state index in [9.17, 15) is 18.4 Å². The minimum Gasteiger partial charge on any atom is -0.452 e. The van der Waals surface area contributed by atoms with Gasteiger partial charge in [0.1, 0.15) is 17.9 Å². The Morgan fingerprint density at radius 1 is 1.21 bits per heavy atom. The van der Waals surface area contributed by atoms with Crippen molar-refractivity contribution in [2.45, 2.75) is 24.9 Å². The number of aromatic nitrogens is 2. The second-order valence-electron chi connectivity index (χ2n) is 10.1. The number of amides is 2. The fourth-order valence-corrected chi connectivity index (χ4v) is 5.91. The third kappa shape index (κ3) is 4.39. The molecule has 2 amide bonds. The third-order valence-electron chi connectivity index (χ3n) is 7.84. The first-order chi connectivity index (χ1) is 18.4. The maximum absolute atomic E-state index is 14.8. The fourth-order valence-electron chi connectivity index (χ4n) is 5.91. The van der Waals surface area contributed by atoms with Gasteiger partial charge in [0, 0.05) is 44.2 Å². The summed E-state index contributed by atoms with van der Waals surface area (Å²) in [6.07, 6.45) is 2.39. The van der Waals surface area contributed by atoms with Gasteiger partial charge in [-0.05, 0) is 37.1 Å². The van der Waals surface area contributed by atoms with E-state index in [1.165, 1.54) is 6.07 Å². The van der Waals surface area contributed by atoms with Crippen molar-refractivity contribution in [3.05, 3.63) is 53.9 Å². The van der Waals surface area contributed by atoms with Crippen molar-refractivity contribution in [1.82, 2.24) is 24.7 Å². The second-order valence-corrected chi connectivity index (χ2v) is 10.1. The van der Waals surface area contributed by atoms with Crippen LogP contribution in [0.3, 0.4) is 0 Å². The second kappa shape index (κ2) is 9.95. The molecule has 3 atom stereocenters. The Balaban J connectivity index is 1.46. The number of carbonyl (C=O) groups excluding carboxylic acids is 2. The van der Waals surface area contributed by atoms with E-state index in [4.69, 9.17) is 9.47 Å². The van der Waals surface area contributed by atoms with Gasteiger partial charge in [-0.3, -0.25) is 9.59 Å². The van der Waals surface area contributed by atoms with E-state index in [1.807, 2.05) is 12.1 Å². The van der Waals surface area contributed by atoms with Crippen LogP contribution in [0.4, 0.5) is 8.78 Å². The summed E-state index contributed by atoms with van der Waals surface area (Å²) in [5, 5.41) is 3.32. The number of nitrogens with zero attached hydrogens (tertiary/aromatic N) is 4. The van der Waals surface area contributed by atoms with Gasteiger partial charge in [0.05, 0.1) is 31.1 Å². The predicted octanol–water partition coefficient (Wildman–Crippen LogP) is 2.50. The molecule has 6 rings (SSSR count). The summed E-state index contributed by atoms with van der Waals surface area (Å²) < 4.78 is 41.8. The Morgan fingerprint density at radius 3 is 2.82 bits per heavy atom. The first-order valence-corrected chi connectivity index (χ1v) is 12.8. The zero-order chi connectivity index (χ0) is 26.4. The van der Waals surface area contributed by atoms with Crippen LogP contribution in [0, 0.1) is 17.6 Å². The molecular formula is C27H29F2N5O4. The maximum Gasteiger partial charge on any atom is 0.242 e.